The first kappa shape index (κ1) is 22.7. The molecule has 3 rings (SSSR count). The average Bonchev–Trinajstić information content (AvgIpc) is 3.23. The molecule has 2 fully saturated rings. The SMILES string of the molecule is CCN(C(=O)CN1CCCC(CNC(=O)C2CCCN2)C1)c1ccccc1.Cl. The molecule has 0 aromatic heterocycles. The Balaban J connectivity index is 0.00000280. The van der Waals surface area contributed by atoms with E-state index in [-0.39, 0.29) is 30.3 Å². The summed E-state index contributed by atoms with van der Waals surface area (Å²) in [5, 5.41) is 6.35. The smallest absolute Gasteiger partial charge is 0.241 e. The third-order valence-electron chi connectivity index (χ3n) is 5.59. The standard InChI is InChI=1S/C21H32N4O2.ClH/c1-2-25(18-9-4-3-5-10-18)20(26)16-24-13-7-8-17(15-24)14-23-21(27)19-11-6-12-22-19;/h3-5,9-10,17,19,22H,2,6-8,11-16H2,1H3,(H,23,27);1H. The van der Waals surface area contributed by atoms with Crippen molar-refractivity contribution in [2.24, 2.45) is 5.92 Å². The van der Waals surface area contributed by atoms with Crippen LogP contribution in [0.2, 0.25) is 0 Å². The average molecular weight is 409 g/mol. The van der Waals surface area contributed by atoms with Gasteiger partial charge in [-0.2, -0.15) is 0 Å². The molecule has 1 aromatic carbocycles. The zero-order valence-electron chi connectivity index (χ0n) is 16.7. The Morgan fingerprint density at radius 3 is 2.68 bits per heavy atom. The number of hydrogen-bond donors (Lipinski definition) is 2. The van der Waals surface area contributed by atoms with Gasteiger partial charge in [0.05, 0.1) is 12.6 Å². The molecule has 0 bridgehead atoms. The maximum Gasteiger partial charge on any atom is 0.241 e. The summed E-state index contributed by atoms with van der Waals surface area (Å²) < 4.78 is 0. The zero-order chi connectivity index (χ0) is 19.1. The monoisotopic (exact) mass is 408 g/mol. The van der Waals surface area contributed by atoms with E-state index in [1.165, 1.54) is 0 Å². The Kier molecular flexibility index (Phi) is 9.22. The fourth-order valence-electron chi connectivity index (χ4n) is 4.13. The summed E-state index contributed by atoms with van der Waals surface area (Å²) in [5.41, 5.74) is 0.954. The predicted octanol–water partition coefficient (Wildman–Crippen LogP) is 2.04. The van der Waals surface area contributed by atoms with Crippen LogP contribution in [-0.2, 0) is 9.59 Å². The minimum atomic E-state index is -0.0183. The number of hydrogen-bond acceptors (Lipinski definition) is 4. The number of nitrogens with one attached hydrogen (secondary N) is 2. The minimum absolute atomic E-state index is 0. The molecular weight excluding hydrogens is 376 g/mol. The van der Waals surface area contributed by atoms with Crippen LogP contribution in [0.5, 0.6) is 0 Å². The molecule has 2 aliphatic heterocycles. The highest BCUT2D eigenvalue weighted by atomic mass is 35.5. The number of anilines is 1. The number of nitrogens with zero attached hydrogens (tertiary/aromatic N) is 2. The van der Waals surface area contributed by atoms with Crippen molar-refractivity contribution >= 4 is 29.9 Å². The zero-order valence-corrected chi connectivity index (χ0v) is 17.5. The van der Waals surface area contributed by atoms with Gasteiger partial charge in [-0.1, -0.05) is 18.2 Å². The van der Waals surface area contributed by atoms with Crippen LogP contribution in [0, 0.1) is 5.92 Å². The van der Waals surface area contributed by atoms with E-state index in [2.05, 4.69) is 15.5 Å². The van der Waals surface area contributed by atoms with Crippen molar-refractivity contribution in [2.45, 2.75) is 38.6 Å². The van der Waals surface area contributed by atoms with E-state index in [0.717, 1.165) is 51.0 Å². The van der Waals surface area contributed by atoms with Crippen LogP contribution in [0.1, 0.15) is 32.6 Å². The van der Waals surface area contributed by atoms with Gasteiger partial charge in [-0.05, 0) is 63.7 Å². The van der Waals surface area contributed by atoms with Gasteiger partial charge in [-0.15, -0.1) is 12.4 Å². The first-order valence-corrected chi connectivity index (χ1v) is 10.3. The summed E-state index contributed by atoms with van der Waals surface area (Å²) in [7, 11) is 0. The predicted molar refractivity (Wildman–Crippen MR) is 115 cm³/mol. The fourth-order valence-corrected chi connectivity index (χ4v) is 4.13. The number of rotatable bonds is 7. The van der Waals surface area contributed by atoms with Crippen LogP contribution in [0.15, 0.2) is 30.3 Å². The molecule has 0 aliphatic carbocycles. The van der Waals surface area contributed by atoms with Crippen LogP contribution >= 0.6 is 12.4 Å². The van der Waals surface area contributed by atoms with Crippen molar-refractivity contribution in [1.29, 1.82) is 0 Å². The molecule has 7 heteroatoms. The Hall–Kier alpha value is -1.63. The van der Waals surface area contributed by atoms with Gasteiger partial charge in [0.2, 0.25) is 11.8 Å². The number of amides is 2. The van der Waals surface area contributed by atoms with Crippen molar-refractivity contribution < 1.29 is 9.59 Å². The lowest BCUT2D eigenvalue weighted by Gasteiger charge is -2.34. The van der Waals surface area contributed by atoms with Gasteiger partial charge in [-0.3, -0.25) is 14.5 Å². The maximum absolute atomic E-state index is 12.8. The van der Waals surface area contributed by atoms with Crippen LogP contribution in [-0.4, -0.2) is 62.0 Å². The molecule has 2 aliphatic rings. The molecule has 28 heavy (non-hydrogen) atoms. The molecule has 2 amide bonds. The van der Waals surface area contributed by atoms with Crippen molar-refractivity contribution in [3.8, 4) is 0 Å². The second-order valence-corrected chi connectivity index (χ2v) is 7.61. The Morgan fingerprint density at radius 2 is 2.00 bits per heavy atom. The highest BCUT2D eigenvalue weighted by Crippen LogP contribution is 2.18. The van der Waals surface area contributed by atoms with Crippen molar-refractivity contribution in [3.05, 3.63) is 30.3 Å². The summed E-state index contributed by atoms with van der Waals surface area (Å²) in [6, 6.07) is 9.83. The highest BCUT2D eigenvalue weighted by molar-refractivity contribution is 5.94. The lowest BCUT2D eigenvalue weighted by atomic mass is 9.97. The summed E-state index contributed by atoms with van der Waals surface area (Å²) in [6.45, 7) is 6.59. The molecule has 1 aromatic rings. The van der Waals surface area contributed by atoms with Gasteiger partial charge < -0.3 is 15.5 Å². The summed E-state index contributed by atoms with van der Waals surface area (Å²) >= 11 is 0. The normalized spacial score (nSPS) is 22.3. The lowest BCUT2D eigenvalue weighted by molar-refractivity contribution is -0.123. The topological polar surface area (TPSA) is 64.7 Å². The third kappa shape index (κ3) is 6.19. The van der Waals surface area contributed by atoms with Gasteiger partial charge in [0, 0.05) is 25.3 Å². The van der Waals surface area contributed by atoms with Crippen LogP contribution in [0.3, 0.4) is 0 Å². The number of halogens is 1. The van der Waals surface area contributed by atoms with Crippen molar-refractivity contribution in [1.82, 2.24) is 15.5 Å². The molecule has 0 saturated carbocycles. The van der Waals surface area contributed by atoms with Gasteiger partial charge in [0.15, 0.2) is 0 Å². The molecule has 2 atom stereocenters. The van der Waals surface area contributed by atoms with Crippen LogP contribution in [0.25, 0.3) is 0 Å². The number of benzene rings is 1. The number of para-hydroxylation sites is 1. The third-order valence-corrected chi connectivity index (χ3v) is 5.59. The first-order chi connectivity index (χ1) is 13.2. The summed E-state index contributed by atoms with van der Waals surface area (Å²) in [6.07, 6.45) is 4.20. The number of likely N-dealkylation sites (N-methyl/N-ethyl adjacent to an activating group) is 1. The maximum atomic E-state index is 12.8. The number of piperidine rings is 1. The van der Waals surface area contributed by atoms with Gasteiger partial charge in [0.1, 0.15) is 0 Å². The Labute approximate surface area is 174 Å². The summed E-state index contributed by atoms with van der Waals surface area (Å²) in [4.78, 5) is 29.1. The van der Waals surface area contributed by atoms with Gasteiger partial charge >= 0.3 is 0 Å². The van der Waals surface area contributed by atoms with Crippen molar-refractivity contribution in [3.63, 3.8) is 0 Å². The van der Waals surface area contributed by atoms with E-state index in [4.69, 9.17) is 0 Å². The largest absolute Gasteiger partial charge is 0.354 e. The molecule has 0 spiro atoms. The lowest BCUT2D eigenvalue weighted by Crippen LogP contribution is -2.48. The van der Waals surface area contributed by atoms with E-state index in [0.29, 0.717) is 25.6 Å². The van der Waals surface area contributed by atoms with E-state index < -0.39 is 0 Å². The molecule has 0 radical (unpaired) electrons. The number of likely N-dealkylation sites (tertiary alicyclic amines) is 1. The van der Waals surface area contributed by atoms with Crippen molar-refractivity contribution in [2.75, 3.05) is 44.2 Å². The van der Waals surface area contributed by atoms with Gasteiger partial charge in [-0.25, -0.2) is 0 Å². The van der Waals surface area contributed by atoms with Gasteiger partial charge in [0.25, 0.3) is 0 Å². The molecule has 2 heterocycles. The molecular formula is C21H33ClN4O2. The molecule has 2 saturated heterocycles. The molecule has 2 unspecified atom stereocenters. The number of carbonyl (C=O) groups is 2. The fraction of sp³-hybridized carbons (Fsp3) is 0.619. The quantitative estimate of drug-likeness (QED) is 0.724. The molecule has 156 valence electrons. The molecule has 2 N–H and O–H groups in total. The Bertz CT molecular complexity index is 622. The second-order valence-electron chi connectivity index (χ2n) is 7.61. The second kappa shape index (κ2) is 11.4. The minimum Gasteiger partial charge on any atom is -0.354 e. The summed E-state index contributed by atoms with van der Waals surface area (Å²) in [5.74, 6) is 0.689. The molecule has 6 nitrogen and oxygen atoms in total. The van der Waals surface area contributed by atoms with Crippen LogP contribution < -0.4 is 15.5 Å². The first-order valence-electron chi connectivity index (χ1n) is 10.3. The van der Waals surface area contributed by atoms with Crippen LogP contribution in [0.4, 0.5) is 5.69 Å². The highest BCUT2D eigenvalue weighted by Gasteiger charge is 2.26. The van der Waals surface area contributed by atoms with E-state index >= 15 is 0 Å². The van der Waals surface area contributed by atoms with E-state index in [1.807, 2.05) is 42.2 Å². The van der Waals surface area contributed by atoms with E-state index in [1.54, 1.807) is 0 Å². The number of carbonyl (C=O) groups excluding carboxylic acids is 2. The Morgan fingerprint density at radius 1 is 1.21 bits per heavy atom. The van der Waals surface area contributed by atoms with E-state index in [9.17, 15) is 9.59 Å².